The summed E-state index contributed by atoms with van der Waals surface area (Å²) in [5.41, 5.74) is 8.85. The molecule has 1 aliphatic rings. The van der Waals surface area contributed by atoms with Gasteiger partial charge in [0.2, 0.25) is 5.91 Å². The zero-order valence-corrected chi connectivity index (χ0v) is 13.9. The van der Waals surface area contributed by atoms with E-state index in [-0.39, 0.29) is 5.91 Å². The number of aromatic amines is 1. The zero-order chi connectivity index (χ0) is 17.2. The summed E-state index contributed by atoms with van der Waals surface area (Å²) in [6, 6.07) is 9.90. The van der Waals surface area contributed by atoms with E-state index in [1.54, 1.807) is 0 Å². The average Bonchev–Trinajstić information content (AvgIpc) is 3.10. The lowest BCUT2D eigenvalue weighted by Crippen LogP contribution is -2.49. The molecule has 0 saturated carbocycles. The Hall–Kier alpha value is -2.93. The lowest BCUT2D eigenvalue weighted by atomic mass is 10.1. The van der Waals surface area contributed by atoms with Crippen LogP contribution in [0.3, 0.4) is 0 Å². The average molecular weight is 336 g/mol. The molecule has 1 aromatic carbocycles. The summed E-state index contributed by atoms with van der Waals surface area (Å²) in [5.74, 6) is 0.630. The molecule has 1 fully saturated rings. The fraction of sp³-hybridized carbons (Fsp3) is 0.278. The van der Waals surface area contributed by atoms with Crippen molar-refractivity contribution in [2.24, 2.45) is 0 Å². The third kappa shape index (κ3) is 3.32. The Morgan fingerprint density at radius 3 is 2.88 bits per heavy atom. The molecule has 0 bridgehead atoms. The maximum Gasteiger partial charge on any atom is 0.237 e. The van der Waals surface area contributed by atoms with E-state index >= 15 is 0 Å². The number of hydrogen-bond acceptors (Lipinski definition) is 5. The van der Waals surface area contributed by atoms with Crippen LogP contribution < -0.4 is 5.73 Å². The van der Waals surface area contributed by atoms with Gasteiger partial charge in [-0.3, -0.25) is 9.69 Å². The molecule has 25 heavy (non-hydrogen) atoms. The van der Waals surface area contributed by atoms with Crippen LogP contribution in [0.2, 0.25) is 0 Å². The van der Waals surface area contributed by atoms with Crippen molar-refractivity contribution in [3.63, 3.8) is 0 Å². The molecule has 1 amide bonds. The molecule has 3 aromatic rings. The summed E-state index contributed by atoms with van der Waals surface area (Å²) >= 11 is 0. The summed E-state index contributed by atoms with van der Waals surface area (Å²) < 4.78 is 0. The van der Waals surface area contributed by atoms with Crippen molar-refractivity contribution in [1.82, 2.24) is 24.8 Å². The molecule has 0 atom stereocenters. The van der Waals surface area contributed by atoms with Crippen molar-refractivity contribution < 1.29 is 4.79 Å². The van der Waals surface area contributed by atoms with Gasteiger partial charge in [-0.05, 0) is 29.8 Å². The van der Waals surface area contributed by atoms with E-state index in [1.165, 1.54) is 6.33 Å². The molecular weight excluding hydrogens is 316 g/mol. The van der Waals surface area contributed by atoms with Gasteiger partial charge in [0.15, 0.2) is 0 Å². The number of anilines is 1. The smallest absolute Gasteiger partial charge is 0.237 e. The van der Waals surface area contributed by atoms with E-state index in [4.69, 9.17) is 5.73 Å². The summed E-state index contributed by atoms with van der Waals surface area (Å²) in [4.78, 5) is 28.0. The third-order valence-electron chi connectivity index (χ3n) is 4.56. The Balaban J connectivity index is 1.42. The Morgan fingerprint density at radius 2 is 2.08 bits per heavy atom. The number of carbonyl (C=O) groups excluding carboxylic acids is 1. The second kappa shape index (κ2) is 6.52. The van der Waals surface area contributed by atoms with Gasteiger partial charge in [0, 0.05) is 43.5 Å². The van der Waals surface area contributed by atoms with Gasteiger partial charge < -0.3 is 15.6 Å². The second-order valence-corrected chi connectivity index (χ2v) is 6.33. The molecule has 0 aliphatic carbocycles. The summed E-state index contributed by atoms with van der Waals surface area (Å²) in [5, 5.41) is 0.841. The Labute approximate surface area is 145 Å². The molecule has 3 N–H and O–H groups in total. The number of fused-ring (bicyclic) bond motifs is 1. The van der Waals surface area contributed by atoms with E-state index in [0.717, 1.165) is 41.8 Å². The molecule has 4 rings (SSSR count). The standard InChI is InChI=1S/C18H20N6O/c19-18-15-4-3-13(8-16(15)21-12-22-18)9-24-7-6-23(11-17(24)25)10-14-2-1-5-20-14/h1-5,8,12,20H,6-7,9-11H2,(H2,19,21,22). The summed E-state index contributed by atoms with van der Waals surface area (Å²) in [7, 11) is 0. The van der Waals surface area contributed by atoms with Gasteiger partial charge in [-0.25, -0.2) is 9.97 Å². The highest BCUT2D eigenvalue weighted by molar-refractivity contribution is 5.88. The largest absolute Gasteiger partial charge is 0.383 e. The van der Waals surface area contributed by atoms with Crippen molar-refractivity contribution in [1.29, 1.82) is 0 Å². The lowest BCUT2D eigenvalue weighted by molar-refractivity contribution is -0.136. The number of carbonyl (C=O) groups is 1. The van der Waals surface area contributed by atoms with Crippen LogP contribution >= 0.6 is 0 Å². The zero-order valence-electron chi connectivity index (χ0n) is 13.9. The number of nitrogen functional groups attached to an aromatic ring is 1. The van der Waals surface area contributed by atoms with Crippen LogP contribution in [-0.2, 0) is 17.9 Å². The van der Waals surface area contributed by atoms with E-state index in [2.05, 4.69) is 19.9 Å². The van der Waals surface area contributed by atoms with Crippen LogP contribution in [0.15, 0.2) is 42.9 Å². The highest BCUT2D eigenvalue weighted by atomic mass is 16.2. The first-order valence-electron chi connectivity index (χ1n) is 8.30. The van der Waals surface area contributed by atoms with E-state index < -0.39 is 0 Å². The molecule has 1 saturated heterocycles. The summed E-state index contributed by atoms with van der Waals surface area (Å²) in [6.45, 7) is 3.41. The van der Waals surface area contributed by atoms with Crippen LogP contribution in [0.5, 0.6) is 0 Å². The van der Waals surface area contributed by atoms with Crippen molar-refractivity contribution in [2.45, 2.75) is 13.1 Å². The summed E-state index contributed by atoms with van der Waals surface area (Å²) in [6.07, 6.45) is 3.37. The van der Waals surface area contributed by atoms with Crippen LogP contribution in [0.4, 0.5) is 5.82 Å². The van der Waals surface area contributed by atoms with Gasteiger partial charge in [-0.15, -0.1) is 0 Å². The van der Waals surface area contributed by atoms with Crippen molar-refractivity contribution in [3.8, 4) is 0 Å². The van der Waals surface area contributed by atoms with Gasteiger partial charge in [0.25, 0.3) is 0 Å². The Morgan fingerprint density at radius 1 is 1.16 bits per heavy atom. The second-order valence-electron chi connectivity index (χ2n) is 6.33. The number of H-pyrrole nitrogens is 1. The molecule has 7 heteroatoms. The topological polar surface area (TPSA) is 91.1 Å². The molecule has 2 aromatic heterocycles. The SMILES string of the molecule is Nc1ncnc2cc(CN3CCN(Cc4ccc[nH]4)CC3=O)ccc12. The minimum Gasteiger partial charge on any atom is -0.383 e. The van der Waals surface area contributed by atoms with Crippen LogP contribution in [0.1, 0.15) is 11.3 Å². The number of aromatic nitrogens is 3. The van der Waals surface area contributed by atoms with Gasteiger partial charge in [-0.1, -0.05) is 6.07 Å². The maximum atomic E-state index is 12.5. The minimum absolute atomic E-state index is 0.153. The third-order valence-corrected chi connectivity index (χ3v) is 4.56. The predicted molar refractivity (Wildman–Crippen MR) is 95.4 cm³/mol. The molecule has 7 nitrogen and oxygen atoms in total. The molecule has 3 heterocycles. The number of nitrogens with two attached hydrogens (primary N) is 1. The number of nitrogens with one attached hydrogen (secondary N) is 1. The van der Waals surface area contributed by atoms with E-state index in [1.807, 2.05) is 41.4 Å². The van der Waals surface area contributed by atoms with E-state index in [0.29, 0.717) is 18.9 Å². The van der Waals surface area contributed by atoms with Gasteiger partial charge in [-0.2, -0.15) is 0 Å². The quantitative estimate of drug-likeness (QED) is 0.751. The molecule has 0 radical (unpaired) electrons. The Bertz CT molecular complexity index is 892. The predicted octanol–water partition coefficient (Wildman–Crippen LogP) is 1.38. The molecular formula is C18H20N6O. The minimum atomic E-state index is 0.153. The molecule has 128 valence electrons. The normalized spacial score (nSPS) is 15.8. The van der Waals surface area contributed by atoms with Gasteiger partial charge in [0.1, 0.15) is 12.1 Å². The van der Waals surface area contributed by atoms with Gasteiger partial charge in [0.05, 0.1) is 12.1 Å². The number of hydrogen-bond donors (Lipinski definition) is 2. The maximum absolute atomic E-state index is 12.5. The van der Waals surface area contributed by atoms with Crippen LogP contribution in [0.25, 0.3) is 10.9 Å². The number of benzene rings is 1. The lowest BCUT2D eigenvalue weighted by Gasteiger charge is -2.34. The van der Waals surface area contributed by atoms with Gasteiger partial charge >= 0.3 is 0 Å². The fourth-order valence-corrected chi connectivity index (χ4v) is 3.21. The number of nitrogens with zero attached hydrogens (tertiary/aromatic N) is 4. The molecule has 1 aliphatic heterocycles. The molecule has 0 unspecified atom stereocenters. The number of rotatable bonds is 4. The molecule has 0 spiro atoms. The number of amides is 1. The first-order chi connectivity index (χ1) is 12.2. The van der Waals surface area contributed by atoms with Crippen molar-refractivity contribution in [3.05, 3.63) is 54.1 Å². The highest BCUT2D eigenvalue weighted by Gasteiger charge is 2.24. The first kappa shape index (κ1) is 15.6. The van der Waals surface area contributed by atoms with Crippen LogP contribution in [-0.4, -0.2) is 50.3 Å². The number of piperazine rings is 1. The van der Waals surface area contributed by atoms with Crippen LogP contribution in [0, 0.1) is 0 Å². The monoisotopic (exact) mass is 336 g/mol. The first-order valence-corrected chi connectivity index (χ1v) is 8.30. The highest BCUT2D eigenvalue weighted by Crippen LogP contribution is 2.19. The Kier molecular flexibility index (Phi) is 4.07. The van der Waals surface area contributed by atoms with Crippen molar-refractivity contribution in [2.75, 3.05) is 25.4 Å². The van der Waals surface area contributed by atoms with E-state index in [9.17, 15) is 4.79 Å². The fourth-order valence-electron chi connectivity index (χ4n) is 3.21. The van der Waals surface area contributed by atoms with Crippen molar-refractivity contribution >= 4 is 22.6 Å².